The van der Waals surface area contributed by atoms with Crippen molar-refractivity contribution in [2.45, 2.75) is 25.2 Å². The van der Waals surface area contributed by atoms with Crippen molar-refractivity contribution in [2.24, 2.45) is 5.92 Å². The minimum atomic E-state index is -3.79. The Bertz CT molecular complexity index is 580. The Morgan fingerprint density at radius 3 is 2.55 bits per heavy atom. The lowest BCUT2D eigenvalue weighted by atomic mass is 10.1. The molecule has 0 heterocycles. The Labute approximate surface area is 118 Å². The van der Waals surface area contributed by atoms with Crippen molar-refractivity contribution in [1.82, 2.24) is 4.72 Å². The van der Waals surface area contributed by atoms with E-state index in [1.165, 1.54) is 19.2 Å². The summed E-state index contributed by atoms with van der Waals surface area (Å²) in [5.41, 5.74) is -0.102. The zero-order valence-corrected chi connectivity index (χ0v) is 12.5. The summed E-state index contributed by atoms with van der Waals surface area (Å²) in [6.07, 6.45) is 0.695. The molecule has 0 atom stereocenters. The molecule has 0 saturated carbocycles. The maximum atomic E-state index is 12.2. The number of hydrogen-bond acceptors (Lipinski definition) is 4. The zero-order valence-electron chi connectivity index (χ0n) is 11.7. The normalized spacial score (nSPS) is 11.6. The first-order valence-electron chi connectivity index (χ1n) is 6.19. The summed E-state index contributed by atoms with van der Waals surface area (Å²) >= 11 is 0. The molecule has 0 amide bonds. The third kappa shape index (κ3) is 4.21. The minimum absolute atomic E-state index is 0.102. The molecule has 0 aliphatic carbocycles. The van der Waals surface area contributed by atoms with Gasteiger partial charge in [-0.1, -0.05) is 13.8 Å². The van der Waals surface area contributed by atoms with Gasteiger partial charge >= 0.3 is 5.97 Å². The lowest BCUT2D eigenvalue weighted by Crippen LogP contribution is -2.26. The van der Waals surface area contributed by atoms with Crippen molar-refractivity contribution in [2.75, 3.05) is 13.7 Å². The van der Waals surface area contributed by atoms with Crippen LogP contribution >= 0.6 is 0 Å². The second-order valence-corrected chi connectivity index (χ2v) is 6.49. The van der Waals surface area contributed by atoms with Crippen LogP contribution < -0.4 is 9.46 Å². The van der Waals surface area contributed by atoms with Gasteiger partial charge in [0.05, 0.1) is 12.7 Å². The molecule has 0 radical (unpaired) electrons. The van der Waals surface area contributed by atoms with Crippen LogP contribution in [0.1, 0.15) is 30.6 Å². The molecule has 0 aliphatic heterocycles. The van der Waals surface area contributed by atoms with E-state index in [9.17, 15) is 13.2 Å². The van der Waals surface area contributed by atoms with Gasteiger partial charge in [-0.3, -0.25) is 0 Å². The molecule has 0 saturated heterocycles. The highest BCUT2D eigenvalue weighted by atomic mass is 32.2. The predicted molar refractivity (Wildman–Crippen MR) is 74.6 cm³/mol. The summed E-state index contributed by atoms with van der Waals surface area (Å²) in [5.74, 6) is -0.705. The van der Waals surface area contributed by atoms with Gasteiger partial charge in [0, 0.05) is 6.54 Å². The number of carboxylic acids is 1. The summed E-state index contributed by atoms with van der Waals surface area (Å²) < 4.78 is 31.8. The summed E-state index contributed by atoms with van der Waals surface area (Å²) in [7, 11) is -2.46. The largest absolute Gasteiger partial charge is 0.495 e. The van der Waals surface area contributed by atoms with E-state index in [1.807, 2.05) is 13.8 Å². The van der Waals surface area contributed by atoms with Gasteiger partial charge in [-0.2, -0.15) is 0 Å². The van der Waals surface area contributed by atoms with E-state index in [1.54, 1.807) is 0 Å². The highest BCUT2D eigenvalue weighted by Gasteiger charge is 2.21. The first kappa shape index (κ1) is 16.5. The van der Waals surface area contributed by atoms with Crippen LogP contribution in [0.4, 0.5) is 0 Å². The maximum absolute atomic E-state index is 12.2. The van der Waals surface area contributed by atoms with Crippen molar-refractivity contribution in [3.63, 3.8) is 0 Å². The van der Waals surface area contributed by atoms with Crippen LogP contribution in [0.15, 0.2) is 23.1 Å². The van der Waals surface area contributed by atoms with Crippen LogP contribution in [0.2, 0.25) is 0 Å². The van der Waals surface area contributed by atoms with E-state index in [2.05, 4.69) is 4.72 Å². The summed E-state index contributed by atoms with van der Waals surface area (Å²) in [4.78, 5) is 10.8. The van der Waals surface area contributed by atoms with Crippen molar-refractivity contribution in [3.05, 3.63) is 23.8 Å². The van der Waals surface area contributed by atoms with Crippen LogP contribution in [0.25, 0.3) is 0 Å². The fourth-order valence-electron chi connectivity index (χ4n) is 1.58. The topological polar surface area (TPSA) is 92.7 Å². The molecule has 6 nitrogen and oxygen atoms in total. The standard InChI is InChI=1S/C13H19NO5S/c1-9(2)6-7-14-20(17,18)12-8-10(13(15)16)4-5-11(12)19-3/h4-5,8-9,14H,6-7H2,1-3H3,(H,15,16). The van der Waals surface area contributed by atoms with Crippen LogP contribution in [0.5, 0.6) is 5.75 Å². The van der Waals surface area contributed by atoms with Gasteiger partial charge in [0.15, 0.2) is 0 Å². The number of sulfonamides is 1. The van der Waals surface area contributed by atoms with E-state index in [4.69, 9.17) is 9.84 Å². The number of rotatable bonds is 7. The molecule has 0 fully saturated rings. The Balaban J connectivity index is 3.08. The maximum Gasteiger partial charge on any atom is 0.335 e. The molecule has 0 bridgehead atoms. The highest BCUT2D eigenvalue weighted by Crippen LogP contribution is 2.24. The molecule has 1 aromatic rings. The zero-order chi connectivity index (χ0) is 15.3. The molecule has 0 aromatic heterocycles. The molecule has 20 heavy (non-hydrogen) atoms. The van der Waals surface area contributed by atoms with Gasteiger partial charge in [0.25, 0.3) is 0 Å². The Morgan fingerprint density at radius 1 is 1.40 bits per heavy atom. The van der Waals surface area contributed by atoms with Gasteiger partial charge in [-0.15, -0.1) is 0 Å². The number of aromatic carboxylic acids is 1. The first-order valence-corrected chi connectivity index (χ1v) is 7.67. The van der Waals surface area contributed by atoms with Gasteiger partial charge in [0.1, 0.15) is 10.6 Å². The summed E-state index contributed by atoms with van der Waals surface area (Å²) in [6.45, 7) is 4.26. The predicted octanol–water partition coefficient (Wildman–Crippen LogP) is 1.72. The van der Waals surface area contributed by atoms with E-state index in [-0.39, 0.29) is 16.2 Å². The number of carbonyl (C=O) groups is 1. The smallest absolute Gasteiger partial charge is 0.335 e. The van der Waals surface area contributed by atoms with Crippen molar-refractivity contribution >= 4 is 16.0 Å². The Morgan fingerprint density at radius 2 is 2.05 bits per heavy atom. The lowest BCUT2D eigenvalue weighted by molar-refractivity contribution is 0.0696. The summed E-state index contributed by atoms with van der Waals surface area (Å²) in [6, 6.07) is 3.73. The highest BCUT2D eigenvalue weighted by molar-refractivity contribution is 7.89. The van der Waals surface area contributed by atoms with Crippen LogP contribution in [0.3, 0.4) is 0 Å². The third-order valence-electron chi connectivity index (χ3n) is 2.71. The minimum Gasteiger partial charge on any atom is -0.495 e. The van der Waals surface area contributed by atoms with Crippen LogP contribution in [0, 0.1) is 5.92 Å². The Kier molecular flexibility index (Phi) is 5.52. The van der Waals surface area contributed by atoms with Gasteiger partial charge < -0.3 is 9.84 Å². The van der Waals surface area contributed by atoms with Gasteiger partial charge in [-0.05, 0) is 30.5 Å². The average molecular weight is 301 g/mol. The number of ether oxygens (including phenoxy) is 1. The molecular formula is C13H19NO5S. The van der Waals surface area contributed by atoms with E-state index >= 15 is 0 Å². The second kappa shape index (κ2) is 6.71. The molecule has 7 heteroatoms. The van der Waals surface area contributed by atoms with Crippen LogP contribution in [-0.2, 0) is 10.0 Å². The molecule has 0 spiro atoms. The molecule has 0 unspecified atom stereocenters. The second-order valence-electron chi connectivity index (χ2n) is 4.75. The van der Waals surface area contributed by atoms with Gasteiger partial charge in [-0.25, -0.2) is 17.9 Å². The number of nitrogens with one attached hydrogen (secondary N) is 1. The monoisotopic (exact) mass is 301 g/mol. The first-order chi connectivity index (χ1) is 9.27. The van der Waals surface area contributed by atoms with Gasteiger partial charge in [0.2, 0.25) is 10.0 Å². The van der Waals surface area contributed by atoms with Crippen molar-refractivity contribution in [1.29, 1.82) is 0 Å². The van der Waals surface area contributed by atoms with E-state index in [0.29, 0.717) is 18.9 Å². The van der Waals surface area contributed by atoms with E-state index in [0.717, 1.165) is 6.07 Å². The van der Waals surface area contributed by atoms with Crippen molar-refractivity contribution in [3.8, 4) is 5.75 Å². The molecule has 1 aromatic carbocycles. The quantitative estimate of drug-likeness (QED) is 0.800. The number of benzene rings is 1. The fraction of sp³-hybridized carbons (Fsp3) is 0.462. The third-order valence-corrected chi connectivity index (χ3v) is 4.20. The summed E-state index contributed by atoms with van der Waals surface area (Å²) in [5, 5.41) is 8.93. The molecule has 0 aliphatic rings. The number of hydrogen-bond donors (Lipinski definition) is 2. The van der Waals surface area contributed by atoms with E-state index < -0.39 is 16.0 Å². The molecule has 1 rings (SSSR count). The molecular weight excluding hydrogens is 282 g/mol. The number of methoxy groups -OCH3 is 1. The number of carboxylic acid groups (broad SMARTS) is 1. The molecule has 112 valence electrons. The average Bonchev–Trinajstić information content (AvgIpc) is 2.37. The van der Waals surface area contributed by atoms with Crippen LogP contribution in [-0.4, -0.2) is 33.1 Å². The fourth-order valence-corrected chi connectivity index (χ4v) is 2.82. The Hall–Kier alpha value is -1.60. The van der Waals surface area contributed by atoms with Crippen molar-refractivity contribution < 1.29 is 23.1 Å². The molecule has 2 N–H and O–H groups in total. The SMILES string of the molecule is COc1ccc(C(=O)O)cc1S(=O)(=O)NCCC(C)C. The lowest BCUT2D eigenvalue weighted by Gasteiger charge is -2.12.